The van der Waals surface area contributed by atoms with Gasteiger partial charge in [0.05, 0.1) is 6.54 Å². The summed E-state index contributed by atoms with van der Waals surface area (Å²) in [6.07, 6.45) is 0.768. The van der Waals surface area contributed by atoms with Crippen molar-refractivity contribution in [3.8, 4) is 0 Å². The molecule has 0 aromatic carbocycles. The molecule has 0 fully saturated rings. The van der Waals surface area contributed by atoms with E-state index in [2.05, 4.69) is 5.32 Å². The summed E-state index contributed by atoms with van der Waals surface area (Å²) in [5.74, 6) is -0.463. The maximum Gasteiger partial charge on any atom is 0.235 e. The molecule has 1 aromatic rings. The number of hydrogen-bond donors (Lipinski definition) is 2. The molecule has 102 valence electrons. The van der Waals surface area contributed by atoms with Crippen LogP contribution in [-0.4, -0.2) is 26.6 Å². The highest BCUT2D eigenvalue weighted by Crippen LogP contribution is 2.11. The predicted molar refractivity (Wildman–Crippen MR) is 67.4 cm³/mol. The molecule has 0 aliphatic rings. The van der Waals surface area contributed by atoms with E-state index in [9.17, 15) is 13.2 Å². The zero-order valence-corrected chi connectivity index (χ0v) is 11.1. The fourth-order valence-corrected chi connectivity index (χ4v) is 2.58. The molecule has 1 rings (SSSR count). The fraction of sp³-hybridized carbons (Fsp3) is 0.545. The van der Waals surface area contributed by atoms with E-state index in [1.54, 1.807) is 12.1 Å². The lowest BCUT2D eigenvalue weighted by molar-refractivity contribution is -0.118. The van der Waals surface area contributed by atoms with Crippen LogP contribution in [0, 0.1) is 0 Å². The van der Waals surface area contributed by atoms with Crippen LogP contribution >= 0.6 is 0 Å². The van der Waals surface area contributed by atoms with Crippen molar-refractivity contribution in [3.05, 3.63) is 23.7 Å². The number of nitrogens with one attached hydrogen (secondary N) is 1. The third kappa shape index (κ3) is 4.89. The van der Waals surface area contributed by atoms with Gasteiger partial charge in [0.15, 0.2) is 9.84 Å². The second-order valence-corrected chi connectivity index (χ2v) is 6.02. The summed E-state index contributed by atoms with van der Waals surface area (Å²) in [7, 11) is -3.51. The van der Waals surface area contributed by atoms with Crippen molar-refractivity contribution >= 4 is 15.7 Å². The Hall–Kier alpha value is -1.34. The van der Waals surface area contributed by atoms with Gasteiger partial charge in [-0.2, -0.15) is 0 Å². The first-order valence-corrected chi connectivity index (χ1v) is 7.53. The SMILES string of the molecule is CCCNC(=O)CS(=O)(=O)Cc1ccc(CN)o1. The lowest BCUT2D eigenvalue weighted by atomic mass is 10.4. The minimum absolute atomic E-state index is 0.219. The number of nitrogens with two attached hydrogens (primary N) is 1. The van der Waals surface area contributed by atoms with Crippen molar-refractivity contribution in [3.63, 3.8) is 0 Å². The number of sulfone groups is 1. The summed E-state index contributed by atoms with van der Waals surface area (Å²) in [5.41, 5.74) is 5.36. The normalized spacial score (nSPS) is 11.4. The third-order valence-corrected chi connectivity index (χ3v) is 3.63. The summed E-state index contributed by atoms with van der Waals surface area (Å²) in [5, 5.41) is 2.52. The topological polar surface area (TPSA) is 102 Å². The maximum atomic E-state index is 11.7. The zero-order chi connectivity index (χ0) is 13.6. The van der Waals surface area contributed by atoms with Gasteiger partial charge in [0.1, 0.15) is 23.0 Å². The van der Waals surface area contributed by atoms with E-state index in [1.165, 1.54) is 0 Å². The van der Waals surface area contributed by atoms with E-state index in [4.69, 9.17) is 10.2 Å². The molecule has 0 saturated heterocycles. The summed E-state index contributed by atoms with van der Waals surface area (Å²) in [6, 6.07) is 3.19. The summed E-state index contributed by atoms with van der Waals surface area (Å²) in [6.45, 7) is 2.59. The molecule has 0 saturated carbocycles. The summed E-state index contributed by atoms with van der Waals surface area (Å²) in [4.78, 5) is 11.3. The molecule has 1 aromatic heterocycles. The lowest BCUT2D eigenvalue weighted by Gasteiger charge is -2.04. The van der Waals surface area contributed by atoms with E-state index in [-0.39, 0.29) is 12.3 Å². The molecule has 7 heteroatoms. The molecule has 1 heterocycles. The molecule has 0 aliphatic heterocycles. The van der Waals surface area contributed by atoms with E-state index < -0.39 is 21.5 Å². The molecular weight excluding hydrogens is 256 g/mol. The molecule has 0 radical (unpaired) electrons. The van der Waals surface area contributed by atoms with Crippen LogP contribution in [-0.2, 0) is 26.9 Å². The van der Waals surface area contributed by atoms with Crippen LogP contribution in [0.4, 0.5) is 0 Å². The number of carbonyl (C=O) groups is 1. The first-order chi connectivity index (χ1) is 8.46. The Morgan fingerprint density at radius 3 is 2.61 bits per heavy atom. The second kappa shape index (κ2) is 6.55. The Balaban J connectivity index is 2.56. The van der Waals surface area contributed by atoms with E-state index >= 15 is 0 Å². The average molecular weight is 274 g/mol. The van der Waals surface area contributed by atoms with Crippen LogP contribution in [0.3, 0.4) is 0 Å². The van der Waals surface area contributed by atoms with Gasteiger partial charge in [-0.15, -0.1) is 0 Å². The Morgan fingerprint density at radius 2 is 2.06 bits per heavy atom. The van der Waals surface area contributed by atoms with Gasteiger partial charge in [-0.05, 0) is 18.6 Å². The van der Waals surface area contributed by atoms with Crippen molar-refractivity contribution in [2.24, 2.45) is 5.73 Å². The number of rotatable bonds is 7. The van der Waals surface area contributed by atoms with Gasteiger partial charge in [0, 0.05) is 6.54 Å². The van der Waals surface area contributed by atoms with Gasteiger partial charge in [-0.25, -0.2) is 8.42 Å². The van der Waals surface area contributed by atoms with E-state index in [1.807, 2.05) is 6.92 Å². The smallest absolute Gasteiger partial charge is 0.235 e. The van der Waals surface area contributed by atoms with Gasteiger partial charge in [0.2, 0.25) is 5.91 Å². The Morgan fingerprint density at radius 1 is 1.39 bits per heavy atom. The van der Waals surface area contributed by atoms with Crippen molar-refractivity contribution < 1.29 is 17.6 Å². The standard InChI is InChI=1S/C11H18N2O4S/c1-2-5-13-11(14)8-18(15,16)7-10-4-3-9(6-12)17-10/h3-4H,2,5-8,12H2,1H3,(H,13,14). The highest BCUT2D eigenvalue weighted by molar-refractivity contribution is 7.91. The molecule has 18 heavy (non-hydrogen) atoms. The quantitative estimate of drug-likeness (QED) is 0.738. The molecule has 0 unspecified atom stereocenters. The summed E-state index contributed by atoms with van der Waals surface area (Å²) >= 11 is 0. The average Bonchev–Trinajstić information content (AvgIpc) is 2.72. The highest BCUT2D eigenvalue weighted by Gasteiger charge is 2.18. The number of furan rings is 1. The molecule has 6 nitrogen and oxygen atoms in total. The van der Waals surface area contributed by atoms with Gasteiger partial charge in [-0.1, -0.05) is 6.92 Å². The van der Waals surface area contributed by atoms with Crippen LogP contribution in [0.1, 0.15) is 24.9 Å². The van der Waals surface area contributed by atoms with Crippen LogP contribution in [0.15, 0.2) is 16.5 Å². The fourth-order valence-electron chi connectivity index (χ4n) is 1.39. The largest absolute Gasteiger partial charge is 0.464 e. The van der Waals surface area contributed by atoms with Crippen molar-refractivity contribution in [1.29, 1.82) is 0 Å². The van der Waals surface area contributed by atoms with Crippen LogP contribution in [0.5, 0.6) is 0 Å². The highest BCUT2D eigenvalue weighted by atomic mass is 32.2. The van der Waals surface area contributed by atoms with Gasteiger partial charge in [-0.3, -0.25) is 4.79 Å². The second-order valence-electron chi connectivity index (χ2n) is 3.95. The molecule has 3 N–H and O–H groups in total. The number of carbonyl (C=O) groups excluding carboxylic acids is 1. The zero-order valence-electron chi connectivity index (χ0n) is 10.3. The Kier molecular flexibility index (Phi) is 5.36. The van der Waals surface area contributed by atoms with Crippen molar-refractivity contribution in [1.82, 2.24) is 5.32 Å². The molecule has 0 spiro atoms. The number of hydrogen-bond acceptors (Lipinski definition) is 5. The van der Waals surface area contributed by atoms with Crippen LogP contribution in [0.25, 0.3) is 0 Å². The van der Waals surface area contributed by atoms with E-state index in [0.29, 0.717) is 18.1 Å². The molecular formula is C11H18N2O4S. The Labute approximate surface area is 106 Å². The maximum absolute atomic E-state index is 11.7. The third-order valence-electron chi connectivity index (χ3n) is 2.20. The van der Waals surface area contributed by atoms with Crippen LogP contribution < -0.4 is 11.1 Å². The molecule has 0 aliphatic carbocycles. The van der Waals surface area contributed by atoms with Gasteiger partial charge in [0.25, 0.3) is 0 Å². The predicted octanol–water partition coefficient (Wildman–Crippen LogP) is 0.179. The minimum Gasteiger partial charge on any atom is -0.464 e. The minimum atomic E-state index is -3.51. The monoisotopic (exact) mass is 274 g/mol. The van der Waals surface area contributed by atoms with E-state index in [0.717, 1.165) is 6.42 Å². The number of amides is 1. The molecule has 1 amide bonds. The lowest BCUT2D eigenvalue weighted by Crippen LogP contribution is -2.31. The first-order valence-electron chi connectivity index (χ1n) is 5.71. The van der Waals surface area contributed by atoms with Crippen LogP contribution in [0.2, 0.25) is 0 Å². The van der Waals surface area contributed by atoms with Gasteiger partial charge < -0.3 is 15.5 Å². The van der Waals surface area contributed by atoms with Crippen molar-refractivity contribution in [2.45, 2.75) is 25.6 Å². The Bertz CT molecular complexity index is 493. The molecule has 0 bridgehead atoms. The van der Waals surface area contributed by atoms with Gasteiger partial charge >= 0.3 is 0 Å². The van der Waals surface area contributed by atoms with Crippen molar-refractivity contribution in [2.75, 3.05) is 12.3 Å². The first kappa shape index (κ1) is 14.7. The molecule has 0 atom stereocenters. The summed E-state index contributed by atoms with van der Waals surface area (Å²) < 4.78 is 28.6.